The zero-order valence-electron chi connectivity index (χ0n) is 23.6. The van der Waals surface area contributed by atoms with Crippen LogP contribution in [0.4, 0.5) is 0 Å². The molecular weight excluding hydrogens is 530 g/mol. The lowest BCUT2D eigenvalue weighted by Gasteiger charge is -2.34. The summed E-state index contributed by atoms with van der Waals surface area (Å²) in [7, 11) is -3.70. The van der Waals surface area contributed by atoms with Crippen molar-refractivity contribution in [3.05, 3.63) is 29.8 Å². The summed E-state index contributed by atoms with van der Waals surface area (Å²) in [6, 6.07) is 6.82. The number of aryl methyl sites for hydroxylation is 1. The third-order valence-electron chi connectivity index (χ3n) is 6.82. The summed E-state index contributed by atoms with van der Waals surface area (Å²) in [5, 5.41) is 0. The second-order valence-electron chi connectivity index (χ2n) is 10.8. The molecule has 39 heavy (non-hydrogen) atoms. The zero-order valence-corrected chi connectivity index (χ0v) is 24.4. The normalized spacial score (nSPS) is 31.9. The standard InChI is InChI=1S/C27H43NO10S/c1-20-6-8-21(9-7-20)39(29,30)28-10-12-31-14-16-33-24(22-18-35-26(2,3)37-22)25(34-17-15-32-13-11-28)23-19-36-27(4,5)38-23/h6-9,22-25H,10-19H2,1-5H3. The number of ether oxygens (including phenoxy) is 8. The lowest BCUT2D eigenvalue weighted by atomic mass is 10.0. The monoisotopic (exact) mass is 573 g/mol. The van der Waals surface area contributed by atoms with Crippen molar-refractivity contribution in [2.75, 3.05) is 65.9 Å². The molecule has 1 aromatic rings. The van der Waals surface area contributed by atoms with E-state index in [2.05, 4.69) is 0 Å². The van der Waals surface area contributed by atoms with Crippen LogP contribution in [0.15, 0.2) is 29.2 Å². The minimum Gasteiger partial charge on any atom is -0.378 e. The van der Waals surface area contributed by atoms with Gasteiger partial charge in [-0.05, 0) is 46.8 Å². The zero-order chi connectivity index (χ0) is 28.1. The Morgan fingerprint density at radius 3 is 1.59 bits per heavy atom. The number of benzene rings is 1. The van der Waals surface area contributed by atoms with Crippen LogP contribution in [0, 0.1) is 6.92 Å². The molecule has 0 radical (unpaired) electrons. The Balaban J connectivity index is 1.45. The van der Waals surface area contributed by atoms with Crippen molar-refractivity contribution in [3.63, 3.8) is 0 Å². The molecule has 11 nitrogen and oxygen atoms in total. The first kappa shape index (κ1) is 30.8. The van der Waals surface area contributed by atoms with E-state index in [4.69, 9.17) is 37.9 Å². The Bertz CT molecular complexity index is 972. The van der Waals surface area contributed by atoms with E-state index in [0.29, 0.717) is 13.2 Å². The first-order valence-electron chi connectivity index (χ1n) is 13.6. The highest BCUT2D eigenvalue weighted by atomic mass is 32.2. The molecule has 0 aromatic heterocycles. The maximum absolute atomic E-state index is 13.3. The molecule has 3 fully saturated rings. The van der Waals surface area contributed by atoms with E-state index in [9.17, 15) is 8.42 Å². The molecule has 0 bridgehead atoms. The van der Waals surface area contributed by atoms with E-state index in [1.54, 1.807) is 24.3 Å². The molecule has 3 heterocycles. The molecule has 3 aliphatic rings. The first-order valence-corrected chi connectivity index (χ1v) is 15.0. The molecule has 4 unspecified atom stereocenters. The molecule has 222 valence electrons. The SMILES string of the molecule is Cc1ccc(S(=O)(=O)N2CCOCCOC(C3COC(C)(C)O3)C(C3COC(C)(C)O3)OCCOCC2)cc1. The number of hydrogen-bond acceptors (Lipinski definition) is 10. The predicted octanol–water partition coefficient (Wildman–Crippen LogP) is 2.11. The molecule has 0 spiro atoms. The van der Waals surface area contributed by atoms with Gasteiger partial charge >= 0.3 is 0 Å². The summed E-state index contributed by atoms with van der Waals surface area (Å²) in [5.41, 5.74) is 0.991. The minimum atomic E-state index is -3.70. The van der Waals surface area contributed by atoms with Gasteiger partial charge in [0.2, 0.25) is 10.0 Å². The molecule has 4 rings (SSSR count). The second-order valence-corrected chi connectivity index (χ2v) is 12.8. The average Bonchev–Trinajstić information content (AvgIpc) is 3.42. The Labute approximate surface area is 232 Å². The largest absolute Gasteiger partial charge is 0.378 e. The summed E-state index contributed by atoms with van der Waals surface area (Å²) >= 11 is 0. The fraction of sp³-hybridized carbons (Fsp3) is 0.778. The van der Waals surface area contributed by atoms with Crippen LogP contribution < -0.4 is 0 Å². The van der Waals surface area contributed by atoms with Gasteiger partial charge < -0.3 is 37.9 Å². The van der Waals surface area contributed by atoms with E-state index in [0.717, 1.165) is 5.56 Å². The van der Waals surface area contributed by atoms with Crippen molar-refractivity contribution in [3.8, 4) is 0 Å². The van der Waals surface area contributed by atoms with Gasteiger partial charge in [0.05, 0.1) is 57.8 Å². The van der Waals surface area contributed by atoms with Gasteiger partial charge in [-0.2, -0.15) is 4.31 Å². The van der Waals surface area contributed by atoms with Crippen LogP contribution in [0.1, 0.15) is 33.3 Å². The maximum atomic E-state index is 13.3. The number of rotatable bonds is 4. The number of hydrogen-bond donors (Lipinski definition) is 0. The van der Waals surface area contributed by atoms with Crippen LogP contribution in [-0.2, 0) is 47.9 Å². The Morgan fingerprint density at radius 2 is 1.18 bits per heavy atom. The highest BCUT2D eigenvalue weighted by molar-refractivity contribution is 7.89. The Kier molecular flexibility index (Phi) is 10.4. The summed E-state index contributed by atoms with van der Waals surface area (Å²) in [6.45, 7) is 11.9. The van der Waals surface area contributed by atoms with Crippen LogP contribution in [0.3, 0.4) is 0 Å². The van der Waals surface area contributed by atoms with E-state index in [1.807, 2.05) is 34.6 Å². The molecule has 0 amide bonds. The molecule has 0 aliphatic carbocycles. The van der Waals surface area contributed by atoms with Crippen molar-refractivity contribution in [2.45, 2.75) is 75.5 Å². The van der Waals surface area contributed by atoms with Crippen molar-refractivity contribution >= 4 is 10.0 Å². The van der Waals surface area contributed by atoms with Gasteiger partial charge in [-0.3, -0.25) is 0 Å². The van der Waals surface area contributed by atoms with E-state index >= 15 is 0 Å². The molecule has 1 aromatic carbocycles. The van der Waals surface area contributed by atoms with Gasteiger partial charge in [0.15, 0.2) is 11.6 Å². The molecule has 0 saturated carbocycles. The Hall–Kier alpha value is -1.19. The lowest BCUT2D eigenvalue weighted by Crippen LogP contribution is -2.51. The van der Waals surface area contributed by atoms with Gasteiger partial charge in [0, 0.05) is 13.1 Å². The van der Waals surface area contributed by atoms with Crippen molar-refractivity contribution in [2.24, 2.45) is 0 Å². The minimum absolute atomic E-state index is 0.193. The van der Waals surface area contributed by atoms with Gasteiger partial charge in [-0.1, -0.05) is 17.7 Å². The van der Waals surface area contributed by atoms with E-state index in [1.165, 1.54) is 4.31 Å². The quantitative estimate of drug-likeness (QED) is 0.531. The second kappa shape index (κ2) is 13.2. The maximum Gasteiger partial charge on any atom is 0.243 e. The highest BCUT2D eigenvalue weighted by Crippen LogP contribution is 2.32. The highest BCUT2D eigenvalue weighted by Gasteiger charge is 2.48. The Morgan fingerprint density at radius 1 is 0.718 bits per heavy atom. The summed E-state index contributed by atoms with van der Waals surface area (Å²) in [4.78, 5) is 0.242. The third-order valence-corrected chi connectivity index (χ3v) is 8.74. The molecule has 12 heteroatoms. The molecule has 3 saturated heterocycles. The molecular formula is C27H43NO10S. The molecule has 0 N–H and O–H groups in total. The van der Waals surface area contributed by atoms with Crippen molar-refractivity contribution in [1.29, 1.82) is 0 Å². The van der Waals surface area contributed by atoms with Crippen molar-refractivity contribution < 1.29 is 46.3 Å². The van der Waals surface area contributed by atoms with Crippen molar-refractivity contribution in [1.82, 2.24) is 4.31 Å². The number of nitrogens with zero attached hydrogens (tertiary/aromatic N) is 1. The topological polar surface area (TPSA) is 111 Å². The van der Waals surface area contributed by atoms with Gasteiger partial charge in [-0.25, -0.2) is 8.42 Å². The summed E-state index contributed by atoms with van der Waals surface area (Å²) < 4.78 is 76.1. The van der Waals surface area contributed by atoms with Crippen LogP contribution in [0.25, 0.3) is 0 Å². The van der Waals surface area contributed by atoms with Crippen LogP contribution in [0.5, 0.6) is 0 Å². The van der Waals surface area contributed by atoms with Gasteiger partial charge in [-0.15, -0.1) is 0 Å². The van der Waals surface area contributed by atoms with Crippen LogP contribution in [0.2, 0.25) is 0 Å². The smallest absolute Gasteiger partial charge is 0.243 e. The summed E-state index contributed by atoms with van der Waals surface area (Å²) in [6.07, 6.45) is -1.80. The fourth-order valence-corrected chi connectivity index (χ4v) is 6.22. The van der Waals surface area contributed by atoms with E-state index < -0.39 is 33.8 Å². The van der Waals surface area contributed by atoms with E-state index in [-0.39, 0.29) is 69.8 Å². The van der Waals surface area contributed by atoms with Crippen LogP contribution in [-0.4, -0.2) is 115 Å². The van der Waals surface area contributed by atoms with Gasteiger partial charge in [0.1, 0.15) is 24.4 Å². The van der Waals surface area contributed by atoms with Crippen LogP contribution >= 0.6 is 0 Å². The average molecular weight is 574 g/mol. The predicted molar refractivity (Wildman–Crippen MR) is 141 cm³/mol. The fourth-order valence-electron chi connectivity index (χ4n) is 4.82. The lowest BCUT2D eigenvalue weighted by molar-refractivity contribution is -0.207. The molecule has 4 atom stereocenters. The first-order chi connectivity index (χ1) is 18.5. The third kappa shape index (κ3) is 8.41. The molecule has 3 aliphatic heterocycles. The number of sulfonamides is 1. The van der Waals surface area contributed by atoms with Gasteiger partial charge in [0.25, 0.3) is 0 Å². The summed E-state index contributed by atoms with van der Waals surface area (Å²) in [5.74, 6) is -1.48.